The first kappa shape index (κ1) is 12.7. The van der Waals surface area contributed by atoms with Gasteiger partial charge in [-0.05, 0) is 17.7 Å². The molecule has 0 unspecified atom stereocenters. The quantitative estimate of drug-likeness (QED) is 0.573. The van der Waals surface area contributed by atoms with Gasteiger partial charge in [0.05, 0.1) is 5.52 Å². The lowest BCUT2D eigenvalue weighted by Crippen LogP contribution is -2.12. The number of amides is 1. The molecule has 0 aliphatic rings. The van der Waals surface area contributed by atoms with Crippen molar-refractivity contribution < 1.29 is 4.79 Å². The summed E-state index contributed by atoms with van der Waals surface area (Å²) < 4.78 is 0. The third-order valence-corrected chi connectivity index (χ3v) is 4.02. The number of fused-ring (bicyclic) bond motifs is 3. The predicted molar refractivity (Wildman–Crippen MR) is 89.8 cm³/mol. The highest BCUT2D eigenvalue weighted by Crippen LogP contribution is 2.34. The molecule has 1 heterocycles. The standard InChI is InChI=1S/C19H14N2O/c20-19(22)16-8-2-1-6-12(16)14-9-5-10-15-13-7-3-4-11-17(13)21-18(14)15/h1-11,21H,(H2,20,22). The fourth-order valence-electron chi connectivity index (χ4n) is 3.03. The second kappa shape index (κ2) is 4.74. The van der Waals surface area contributed by atoms with E-state index in [4.69, 9.17) is 5.73 Å². The number of rotatable bonds is 2. The van der Waals surface area contributed by atoms with Gasteiger partial charge in [0, 0.05) is 27.4 Å². The van der Waals surface area contributed by atoms with E-state index in [2.05, 4.69) is 23.2 Å². The first-order valence-corrected chi connectivity index (χ1v) is 7.14. The van der Waals surface area contributed by atoms with Crippen molar-refractivity contribution in [2.24, 2.45) is 5.73 Å². The van der Waals surface area contributed by atoms with Gasteiger partial charge in [0.15, 0.2) is 0 Å². The van der Waals surface area contributed by atoms with Crippen molar-refractivity contribution in [1.29, 1.82) is 0 Å². The van der Waals surface area contributed by atoms with Gasteiger partial charge in [0.2, 0.25) is 5.91 Å². The summed E-state index contributed by atoms with van der Waals surface area (Å²) in [6.07, 6.45) is 0. The average molecular weight is 286 g/mol. The molecule has 3 nitrogen and oxygen atoms in total. The zero-order valence-electron chi connectivity index (χ0n) is 11.8. The SMILES string of the molecule is NC(=O)c1ccccc1-c1cccc2c1[nH]c1ccccc12. The van der Waals surface area contributed by atoms with Gasteiger partial charge in [-0.1, -0.05) is 54.6 Å². The minimum Gasteiger partial charge on any atom is -0.366 e. The highest BCUT2D eigenvalue weighted by molar-refractivity contribution is 6.13. The number of benzene rings is 3. The molecule has 1 amide bonds. The molecule has 0 radical (unpaired) electrons. The summed E-state index contributed by atoms with van der Waals surface area (Å²) in [5, 5.41) is 2.32. The van der Waals surface area contributed by atoms with Crippen LogP contribution < -0.4 is 5.73 Å². The van der Waals surface area contributed by atoms with Crippen molar-refractivity contribution in [3.05, 3.63) is 72.3 Å². The largest absolute Gasteiger partial charge is 0.366 e. The summed E-state index contributed by atoms with van der Waals surface area (Å²) in [4.78, 5) is 15.2. The van der Waals surface area contributed by atoms with Crippen LogP contribution in [0.15, 0.2) is 66.7 Å². The fraction of sp³-hybridized carbons (Fsp3) is 0. The number of carbonyl (C=O) groups excluding carboxylic acids is 1. The molecule has 4 aromatic rings. The van der Waals surface area contributed by atoms with E-state index in [1.165, 1.54) is 5.39 Å². The first-order valence-electron chi connectivity index (χ1n) is 7.14. The predicted octanol–water partition coefficient (Wildman–Crippen LogP) is 4.09. The summed E-state index contributed by atoms with van der Waals surface area (Å²) in [5.41, 5.74) is 10.0. The van der Waals surface area contributed by atoms with Crippen LogP contribution in [0.1, 0.15) is 10.4 Å². The molecule has 3 heteroatoms. The molecule has 0 aliphatic heterocycles. The number of hydrogen-bond donors (Lipinski definition) is 2. The maximum Gasteiger partial charge on any atom is 0.249 e. The number of carbonyl (C=O) groups is 1. The van der Waals surface area contributed by atoms with Gasteiger partial charge in [0.25, 0.3) is 0 Å². The normalized spacial score (nSPS) is 11.1. The second-order valence-corrected chi connectivity index (χ2v) is 5.31. The van der Waals surface area contributed by atoms with E-state index in [1.807, 2.05) is 42.5 Å². The summed E-state index contributed by atoms with van der Waals surface area (Å²) >= 11 is 0. The highest BCUT2D eigenvalue weighted by Gasteiger charge is 2.14. The van der Waals surface area contributed by atoms with Crippen LogP contribution >= 0.6 is 0 Å². The Balaban J connectivity index is 2.10. The van der Waals surface area contributed by atoms with Gasteiger partial charge in [-0.25, -0.2) is 0 Å². The van der Waals surface area contributed by atoms with Gasteiger partial charge in [-0.2, -0.15) is 0 Å². The van der Waals surface area contributed by atoms with Crippen LogP contribution in [0, 0.1) is 0 Å². The van der Waals surface area contributed by atoms with Gasteiger partial charge < -0.3 is 10.7 Å². The lowest BCUT2D eigenvalue weighted by atomic mass is 9.97. The van der Waals surface area contributed by atoms with Crippen LogP contribution in [-0.2, 0) is 0 Å². The summed E-state index contributed by atoms with van der Waals surface area (Å²) in [5.74, 6) is -0.413. The number of aromatic nitrogens is 1. The van der Waals surface area contributed by atoms with E-state index in [0.717, 1.165) is 27.5 Å². The zero-order valence-corrected chi connectivity index (χ0v) is 11.8. The third kappa shape index (κ3) is 1.79. The van der Waals surface area contributed by atoms with E-state index in [0.29, 0.717) is 5.56 Å². The van der Waals surface area contributed by atoms with Crippen molar-refractivity contribution in [3.8, 4) is 11.1 Å². The number of H-pyrrole nitrogens is 1. The Kier molecular flexibility index (Phi) is 2.73. The lowest BCUT2D eigenvalue weighted by Gasteiger charge is -2.08. The molecule has 1 aromatic heterocycles. The van der Waals surface area contributed by atoms with E-state index in [1.54, 1.807) is 6.07 Å². The molecular formula is C19H14N2O. The Labute approximate surface area is 127 Å². The van der Waals surface area contributed by atoms with Crippen LogP contribution in [0.25, 0.3) is 32.9 Å². The summed E-state index contributed by atoms with van der Waals surface area (Å²) in [7, 11) is 0. The average Bonchev–Trinajstić information content (AvgIpc) is 2.93. The molecule has 0 fully saturated rings. The lowest BCUT2D eigenvalue weighted by molar-refractivity contribution is 0.100. The Morgan fingerprint density at radius 2 is 1.45 bits per heavy atom. The molecule has 4 rings (SSSR count). The monoisotopic (exact) mass is 286 g/mol. The molecule has 106 valence electrons. The molecule has 0 aliphatic carbocycles. The third-order valence-electron chi connectivity index (χ3n) is 4.02. The number of para-hydroxylation sites is 2. The molecule has 3 N–H and O–H groups in total. The minimum atomic E-state index is -0.413. The molecule has 0 bridgehead atoms. The minimum absolute atomic E-state index is 0.413. The molecule has 0 saturated heterocycles. The topological polar surface area (TPSA) is 58.9 Å². The van der Waals surface area contributed by atoms with Gasteiger partial charge in [-0.15, -0.1) is 0 Å². The Hall–Kier alpha value is -3.07. The second-order valence-electron chi connectivity index (χ2n) is 5.31. The smallest absolute Gasteiger partial charge is 0.249 e. The van der Waals surface area contributed by atoms with Crippen LogP contribution in [0.2, 0.25) is 0 Å². The van der Waals surface area contributed by atoms with Gasteiger partial charge in [0.1, 0.15) is 0 Å². The van der Waals surface area contributed by atoms with Crippen molar-refractivity contribution in [2.45, 2.75) is 0 Å². The molecule has 3 aromatic carbocycles. The number of nitrogens with one attached hydrogen (secondary N) is 1. The number of aromatic amines is 1. The maximum atomic E-state index is 11.7. The van der Waals surface area contributed by atoms with E-state index in [9.17, 15) is 4.79 Å². The van der Waals surface area contributed by atoms with Crippen LogP contribution in [-0.4, -0.2) is 10.9 Å². The summed E-state index contributed by atoms with van der Waals surface area (Å²) in [6.45, 7) is 0. The maximum absolute atomic E-state index is 11.7. The molecule has 0 saturated carbocycles. The molecule has 0 spiro atoms. The zero-order chi connectivity index (χ0) is 15.1. The van der Waals surface area contributed by atoms with E-state index in [-0.39, 0.29) is 0 Å². The van der Waals surface area contributed by atoms with Crippen LogP contribution in [0.5, 0.6) is 0 Å². The van der Waals surface area contributed by atoms with Crippen molar-refractivity contribution in [1.82, 2.24) is 4.98 Å². The Bertz CT molecular complexity index is 1010. The Morgan fingerprint density at radius 1 is 0.773 bits per heavy atom. The van der Waals surface area contributed by atoms with Crippen molar-refractivity contribution >= 4 is 27.7 Å². The Morgan fingerprint density at radius 3 is 2.32 bits per heavy atom. The van der Waals surface area contributed by atoms with E-state index < -0.39 is 5.91 Å². The van der Waals surface area contributed by atoms with Crippen LogP contribution in [0.3, 0.4) is 0 Å². The fourth-order valence-corrected chi connectivity index (χ4v) is 3.03. The highest BCUT2D eigenvalue weighted by atomic mass is 16.1. The number of nitrogens with two attached hydrogens (primary N) is 1. The number of hydrogen-bond acceptors (Lipinski definition) is 1. The molecule has 22 heavy (non-hydrogen) atoms. The van der Waals surface area contributed by atoms with Gasteiger partial charge >= 0.3 is 0 Å². The van der Waals surface area contributed by atoms with Crippen molar-refractivity contribution in [2.75, 3.05) is 0 Å². The van der Waals surface area contributed by atoms with Crippen LogP contribution in [0.4, 0.5) is 0 Å². The van der Waals surface area contributed by atoms with Gasteiger partial charge in [-0.3, -0.25) is 4.79 Å². The first-order chi connectivity index (χ1) is 10.8. The van der Waals surface area contributed by atoms with Crippen molar-refractivity contribution in [3.63, 3.8) is 0 Å². The number of primary amides is 1. The molecular weight excluding hydrogens is 272 g/mol. The van der Waals surface area contributed by atoms with E-state index >= 15 is 0 Å². The summed E-state index contributed by atoms with van der Waals surface area (Å²) in [6, 6.07) is 21.7. The molecule has 0 atom stereocenters.